The second-order valence-corrected chi connectivity index (χ2v) is 7.36. The zero-order chi connectivity index (χ0) is 22.0. The van der Waals surface area contributed by atoms with E-state index in [0.29, 0.717) is 23.5 Å². The number of hydrogen-bond acceptors (Lipinski definition) is 10. The fourth-order valence-electron chi connectivity index (χ4n) is 3.58. The zero-order valence-corrected chi connectivity index (χ0v) is 16.8. The maximum absolute atomic E-state index is 13.0. The molecule has 0 unspecified atom stereocenters. The third kappa shape index (κ3) is 4.31. The minimum absolute atomic E-state index is 0.0520. The number of piperidine rings is 1. The van der Waals surface area contributed by atoms with Gasteiger partial charge in [0.15, 0.2) is 5.69 Å². The number of carbonyl (C=O) groups is 1. The molecule has 1 aliphatic rings. The Labute approximate surface area is 178 Å². The number of nitrogens with zero attached hydrogens (tertiary/aromatic N) is 5. The minimum atomic E-state index is -0.468. The van der Waals surface area contributed by atoms with Crippen molar-refractivity contribution >= 4 is 34.7 Å². The average Bonchev–Trinajstić information content (AvgIpc) is 2.75. The molecule has 0 spiro atoms. The first-order valence-electron chi connectivity index (χ1n) is 9.83. The van der Waals surface area contributed by atoms with Crippen molar-refractivity contribution in [2.75, 3.05) is 40.5 Å². The molecule has 4 rings (SSSR count). The van der Waals surface area contributed by atoms with Crippen LogP contribution in [0.2, 0.25) is 0 Å². The molecular weight excluding hydrogens is 396 g/mol. The highest BCUT2D eigenvalue weighted by molar-refractivity contribution is 6.08. The number of carbonyl (C=O) groups excluding carboxylic acids is 1. The van der Waals surface area contributed by atoms with Crippen molar-refractivity contribution in [2.45, 2.75) is 18.9 Å². The smallest absolute Gasteiger partial charge is 0.276 e. The quantitative estimate of drug-likeness (QED) is 0.405. The van der Waals surface area contributed by atoms with Crippen molar-refractivity contribution < 1.29 is 4.79 Å². The molecule has 0 bridgehead atoms. The Morgan fingerprint density at radius 1 is 1.13 bits per heavy atom. The molecule has 1 saturated heterocycles. The van der Waals surface area contributed by atoms with Crippen LogP contribution in [0.3, 0.4) is 0 Å². The molecule has 11 nitrogen and oxygen atoms in total. The number of nitrogens with one attached hydrogen (secondary N) is 1. The largest absolute Gasteiger partial charge is 0.397 e. The molecule has 0 aliphatic carbocycles. The molecule has 1 amide bonds. The van der Waals surface area contributed by atoms with Gasteiger partial charge < -0.3 is 33.2 Å². The standard InChI is InChI=1S/C20H24N10O/c21-11-2-1-7-30(10-11)16-5-6-25-9-15(16)28-19(31)17-13(22)3-4-14(27-17)12-8-26-20(24)29-18(12)23/h3-6,8-9,11H,1-2,7,10,21-22H2,(H,28,31)(H4,23,24,26,29)/t11-/m0/s1. The fraction of sp³-hybridized carbons (Fsp3) is 0.250. The summed E-state index contributed by atoms with van der Waals surface area (Å²) in [4.78, 5) is 31.6. The van der Waals surface area contributed by atoms with Gasteiger partial charge in [-0.05, 0) is 31.0 Å². The minimum Gasteiger partial charge on any atom is -0.397 e. The van der Waals surface area contributed by atoms with E-state index in [1.165, 1.54) is 6.20 Å². The maximum atomic E-state index is 13.0. The molecule has 1 aliphatic heterocycles. The van der Waals surface area contributed by atoms with Crippen molar-refractivity contribution in [2.24, 2.45) is 5.73 Å². The van der Waals surface area contributed by atoms with Gasteiger partial charge in [0.05, 0.1) is 34.5 Å². The van der Waals surface area contributed by atoms with Crippen LogP contribution in [0.1, 0.15) is 23.3 Å². The van der Waals surface area contributed by atoms with Gasteiger partial charge in [0.1, 0.15) is 5.82 Å². The van der Waals surface area contributed by atoms with Gasteiger partial charge in [-0.3, -0.25) is 9.78 Å². The molecule has 0 aromatic carbocycles. The molecule has 31 heavy (non-hydrogen) atoms. The summed E-state index contributed by atoms with van der Waals surface area (Å²) in [6.07, 6.45) is 6.70. The third-order valence-electron chi connectivity index (χ3n) is 5.10. The number of pyridine rings is 2. The average molecular weight is 420 g/mol. The fourth-order valence-corrected chi connectivity index (χ4v) is 3.58. The molecule has 3 aromatic rings. The highest BCUT2D eigenvalue weighted by Crippen LogP contribution is 2.29. The summed E-state index contributed by atoms with van der Waals surface area (Å²) in [5.74, 6) is -0.256. The lowest BCUT2D eigenvalue weighted by molar-refractivity contribution is 0.102. The van der Waals surface area contributed by atoms with Crippen LogP contribution >= 0.6 is 0 Å². The normalized spacial score (nSPS) is 16.2. The summed E-state index contributed by atoms with van der Waals surface area (Å²) in [7, 11) is 0. The predicted molar refractivity (Wildman–Crippen MR) is 120 cm³/mol. The van der Waals surface area contributed by atoms with Crippen LogP contribution in [0.25, 0.3) is 11.3 Å². The first-order valence-corrected chi connectivity index (χ1v) is 9.83. The molecule has 160 valence electrons. The van der Waals surface area contributed by atoms with Gasteiger partial charge in [-0.2, -0.15) is 4.98 Å². The molecule has 1 atom stereocenters. The summed E-state index contributed by atoms with van der Waals surface area (Å²) in [5, 5.41) is 2.87. The Morgan fingerprint density at radius 2 is 1.97 bits per heavy atom. The third-order valence-corrected chi connectivity index (χ3v) is 5.10. The van der Waals surface area contributed by atoms with Gasteiger partial charge >= 0.3 is 0 Å². The van der Waals surface area contributed by atoms with E-state index in [1.807, 2.05) is 6.07 Å². The van der Waals surface area contributed by atoms with E-state index in [0.717, 1.165) is 25.1 Å². The van der Waals surface area contributed by atoms with Crippen LogP contribution in [-0.4, -0.2) is 45.0 Å². The van der Waals surface area contributed by atoms with E-state index >= 15 is 0 Å². The SMILES string of the molecule is Nc1ncc(-c2ccc(N)c(C(=O)Nc3cnccc3N3CCC[C@H](N)C3)n2)c(N)n1. The topological polar surface area (TPSA) is 188 Å². The Kier molecular flexibility index (Phi) is 5.50. The molecule has 0 radical (unpaired) electrons. The highest BCUT2D eigenvalue weighted by atomic mass is 16.1. The summed E-state index contributed by atoms with van der Waals surface area (Å²) in [5.41, 5.74) is 26.2. The second kappa shape index (κ2) is 8.40. The van der Waals surface area contributed by atoms with E-state index in [9.17, 15) is 4.79 Å². The van der Waals surface area contributed by atoms with E-state index in [1.54, 1.807) is 24.5 Å². The number of hydrogen-bond donors (Lipinski definition) is 5. The van der Waals surface area contributed by atoms with E-state index in [2.05, 4.69) is 30.2 Å². The lowest BCUT2D eigenvalue weighted by Crippen LogP contribution is -2.43. The summed E-state index contributed by atoms with van der Waals surface area (Å²) >= 11 is 0. The summed E-state index contributed by atoms with van der Waals surface area (Å²) < 4.78 is 0. The Morgan fingerprint density at radius 3 is 2.74 bits per heavy atom. The number of rotatable bonds is 4. The number of aromatic nitrogens is 4. The molecule has 4 heterocycles. The van der Waals surface area contributed by atoms with E-state index in [4.69, 9.17) is 22.9 Å². The Hall–Kier alpha value is -3.99. The van der Waals surface area contributed by atoms with Gasteiger partial charge in [-0.25, -0.2) is 9.97 Å². The Balaban J connectivity index is 1.63. The first kappa shape index (κ1) is 20.3. The maximum Gasteiger partial charge on any atom is 0.276 e. The number of amides is 1. The zero-order valence-electron chi connectivity index (χ0n) is 16.8. The predicted octanol–water partition coefficient (Wildman–Crippen LogP) is 0.860. The van der Waals surface area contributed by atoms with Crippen molar-refractivity contribution in [1.82, 2.24) is 19.9 Å². The molecule has 3 aromatic heterocycles. The van der Waals surface area contributed by atoms with Gasteiger partial charge in [-0.15, -0.1) is 0 Å². The van der Waals surface area contributed by atoms with Gasteiger partial charge in [0, 0.05) is 31.5 Å². The number of nitrogens with two attached hydrogens (primary N) is 4. The first-order chi connectivity index (χ1) is 14.9. The number of anilines is 5. The second-order valence-electron chi connectivity index (χ2n) is 7.36. The molecule has 0 saturated carbocycles. The van der Waals surface area contributed by atoms with Gasteiger partial charge in [-0.1, -0.05) is 0 Å². The molecule has 11 heteroatoms. The Bertz CT molecular complexity index is 1120. The van der Waals surface area contributed by atoms with Crippen LogP contribution in [0.5, 0.6) is 0 Å². The van der Waals surface area contributed by atoms with Crippen molar-refractivity contribution in [1.29, 1.82) is 0 Å². The van der Waals surface area contributed by atoms with Crippen LogP contribution in [0.15, 0.2) is 36.8 Å². The monoisotopic (exact) mass is 420 g/mol. The van der Waals surface area contributed by atoms with Crippen LogP contribution in [0, 0.1) is 0 Å². The van der Waals surface area contributed by atoms with Crippen LogP contribution in [-0.2, 0) is 0 Å². The molecular formula is C20H24N10O. The lowest BCUT2D eigenvalue weighted by atomic mass is 10.1. The van der Waals surface area contributed by atoms with Crippen molar-refractivity contribution in [3.8, 4) is 11.3 Å². The van der Waals surface area contributed by atoms with Crippen molar-refractivity contribution in [3.63, 3.8) is 0 Å². The van der Waals surface area contributed by atoms with E-state index < -0.39 is 5.91 Å². The summed E-state index contributed by atoms with van der Waals surface area (Å²) in [6, 6.07) is 5.17. The molecule has 1 fully saturated rings. The van der Waals surface area contributed by atoms with Gasteiger partial charge in [0.25, 0.3) is 5.91 Å². The lowest BCUT2D eigenvalue weighted by Gasteiger charge is -2.33. The van der Waals surface area contributed by atoms with Crippen LogP contribution in [0.4, 0.5) is 28.8 Å². The van der Waals surface area contributed by atoms with Gasteiger partial charge in [0.2, 0.25) is 5.95 Å². The highest BCUT2D eigenvalue weighted by Gasteiger charge is 2.22. The summed E-state index contributed by atoms with van der Waals surface area (Å²) in [6.45, 7) is 1.56. The number of nitrogen functional groups attached to an aromatic ring is 3. The van der Waals surface area contributed by atoms with Crippen molar-refractivity contribution in [3.05, 3.63) is 42.5 Å². The molecule has 9 N–H and O–H groups in total. The van der Waals surface area contributed by atoms with E-state index in [-0.39, 0.29) is 29.2 Å². The van der Waals surface area contributed by atoms with Crippen LogP contribution < -0.4 is 33.2 Å².